The Hall–Kier alpha value is -2.60. The van der Waals surface area contributed by atoms with Crippen LogP contribution in [0.25, 0.3) is 0 Å². The Morgan fingerprint density at radius 1 is 1.27 bits per heavy atom. The van der Waals surface area contributed by atoms with Gasteiger partial charge in [-0.1, -0.05) is 24.3 Å². The Morgan fingerprint density at radius 2 is 2.12 bits per heavy atom. The van der Waals surface area contributed by atoms with E-state index < -0.39 is 0 Å². The third-order valence-corrected chi connectivity index (χ3v) is 5.05. The highest BCUT2D eigenvalue weighted by Gasteiger charge is 2.25. The predicted octanol–water partition coefficient (Wildman–Crippen LogP) is 2.29. The summed E-state index contributed by atoms with van der Waals surface area (Å²) in [4.78, 5) is 17.9. The summed E-state index contributed by atoms with van der Waals surface area (Å²) in [5.74, 6) is 1.02. The van der Waals surface area contributed by atoms with Crippen LogP contribution in [0.4, 0.5) is 0 Å². The van der Waals surface area contributed by atoms with E-state index in [0.717, 1.165) is 38.0 Å². The predicted molar refractivity (Wildman–Crippen MR) is 96.7 cm³/mol. The van der Waals surface area contributed by atoms with Crippen molar-refractivity contribution in [2.45, 2.75) is 25.5 Å². The largest absolute Gasteiger partial charge is 0.484 e. The molecule has 3 heterocycles. The van der Waals surface area contributed by atoms with Gasteiger partial charge in [0.2, 0.25) is 5.91 Å². The molecule has 1 amide bonds. The van der Waals surface area contributed by atoms with Crippen molar-refractivity contribution in [1.82, 2.24) is 9.88 Å². The molecule has 6 heteroatoms. The van der Waals surface area contributed by atoms with Crippen LogP contribution < -0.4 is 15.2 Å². The van der Waals surface area contributed by atoms with Gasteiger partial charge < -0.3 is 15.2 Å². The molecule has 0 aliphatic carbocycles. The summed E-state index contributed by atoms with van der Waals surface area (Å²) in [6, 6.07) is 12.1. The Morgan fingerprint density at radius 3 is 2.92 bits per heavy atom. The first-order valence-corrected chi connectivity index (χ1v) is 9.04. The van der Waals surface area contributed by atoms with Crippen LogP contribution in [0, 0.1) is 5.92 Å². The number of carbonyl (C=O) groups is 1. The van der Waals surface area contributed by atoms with Crippen molar-refractivity contribution in [2.75, 3.05) is 19.7 Å². The number of likely N-dealkylation sites (tertiary alicyclic amines) is 1. The van der Waals surface area contributed by atoms with Crippen LogP contribution >= 0.6 is 0 Å². The monoisotopic (exact) mass is 353 g/mol. The lowest BCUT2D eigenvalue weighted by molar-refractivity contribution is -0.123. The summed E-state index contributed by atoms with van der Waals surface area (Å²) in [7, 11) is 0. The van der Waals surface area contributed by atoms with E-state index in [-0.39, 0.29) is 17.9 Å². The molecule has 4 rings (SSSR count). The molecule has 0 spiro atoms. The molecule has 0 bridgehead atoms. The molecule has 26 heavy (non-hydrogen) atoms. The molecular formula is C20H23N3O3. The minimum absolute atomic E-state index is 0.0246. The van der Waals surface area contributed by atoms with E-state index in [1.807, 2.05) is 12.1 Å². The van der Waals surface area contributed by atoms with Crippen LogP contribution in [0.3, 0.4) is 0 Å². The molecule has 1 saturated heterocycles. The molecule has 2 atom stereocenters. The second kappa shape index (κ2) is 7.33. The number of carbonyl (C=O) groups excluding carboxylic acids is 1. The molecule has 1 aromatic heterocycles. The first kappa shape index (κ1) is 16.8. The standard InChI is InChI=1S/C20H23N3O3/c21-19(24)16-3-2-10-23(12-16)11-14-5-7-15(8-6-14)18-13-25-17-4-1-9-22-20(17)26-18/h1,4-9,16,18H,2-3,10-13H2,(H2,21,24). The number of hydrogen-bond donors (Lipinski definition) is 1. The van der Waals surface area contributed by atoms with Gasteiger partial charge in [-0.15, -0.1) is 0 Å². The van der Waals surface area contributed by atoms with Gasteiger partial charge in [0.15, 0.2) is 11.9 Å². The van der Waals surface area contributed by atoms with E-state index in [0.29, 0.717) is 18.2 Å². The minimum Gasteiger partial charge on any atom is -0.484 e. The smallest absolute Gasteiger partial charge is 0.257 e. The van der Waals surface area contributed by atoms with Crippen molar-refractivity contribution >= 4 is 5.91 Å². The highest BCUT2D eigenvalue weighted by atomic mass is 16.6. The third-order valence-electron chi connectivity index (χ3n) is 5.05. The first-order valence-electron chi connectivity index (χ1n) is 9.04. The summed E-state index contributed by atoms with van der Waals surface area (Å²) < 4.78 is 11.7. The molecular weight excluding hydrogens is 330 g/mol. The van der Waals surface area contributed by atoms with Crippen molar-refractivity contribution in [3.05, 3.63) is 53.7 Å². The first-order chi connectivity index (χ1) is 12.7. The highest BCUT2D eigenvalue weighted by Crippen LogP contribution is 2.34. The maximum absolute atomic E-state index is 11.4. The number of pyridine rings is 1. The average Bonchev–Trinajstić information content (AvgIpc) is 2.68. The lowest BCUT2D eigenvalue weighted by Crippen LogP contribution is -2.40. The van der Waals surface area contributed by atoms with Gasteiger partial charge in [-0.25, -0.2) is 4.98 Å². The fourth-order valence-corrected chi connectivity index (χ4v) is 3.60. The van der Waals surface area contributed by atoms with Gasteiger partial charge in [-0.3, -0.25) is 9.69 Å². The summed E-state index contributed by atoms with van der Waals surface area (Å²) in [5.41, 5.74) is 7.75. The maximum Gasteiger partial charge on any atom is 0.257 e. The van der Waals surface area contributed by atoms with E-state index in [4.69, 9.17) is 15.2 Å². The molecule has 1 fully saturated rings. The van der Waals surface area contributed by atoms with Crippen molar-refractivity contribution in [3.8, 4) is 11.6 Å². The molecule has 0 radical (unpaired) electrons. The van der Waals surface area contributed by atoms with E-state index in [2.05, 4.69) is 34.1 Å². The van der Waals surface area contributed by atoms with Crippen LogP contribution in [0.1, 0.15) is 30.1 Å². The molecule has 6 nitrogen and oxygen atoms in total. The molecule has 2 aliphatic heterocycles. The Balaban J connectivity index is 1.39. The van der Waals surface area contributed by atoms with E-state index in [9.17, 15) is 4.79 Å². The van der Waals surface area contributed by atoms with Crippen LogP contribution in [0.2, 0.25) is 0 Å². The Labute approximate surface area is 152 Å². The summed E-state index contributed by atoms with van der Waals surface area (Å²) in [6.45, 7) is 3.06. The van der Waals surface area contributed by atoms with Crippen molar-refractivity contribution in [1.29, 1.82) is 0 Å². The van der Waals surface area contributed by atoms with Crippen molar-refractivity contribution < 1.29 is 14.3 Å². The zero-order valence-corrected chi connectivity index (χ0v) is 14.6. The van der Waals surface area contributed by atoms with Crippen LogP contribution in [0.15, 0.2) is 42.6 Å². The SMILES string of the molecule is NC(=O)C1CCCN(Cc2ccc(C3COc4cccnc4O3)cc2)C1. The number of rotatable bonds is 4. The number of piperidine rings is 1. The zero-order chi connectivity index (χ0) is 17.9. The van der Waals surface area contributed by atoms with Gasteiger partial charge in [0.25, 0.3) is 5.88 Å². The quantitative estimate of drug-likeness (QED) is 0.912. The number of hydrogen-bond acceptors (Lipinski definition) is 5. The van der Waals surface area contributed by atoms with Gasteiger partial charge in [0.05, 0.1) is 5.92 Å². The number of nitrogens with zero attached hydrogens (tertiary/aromatic N) is 2. The van der Waals surface area contributed by atoms with E-state index >= 15 is 0 Å². The number of aromatic nitrogens is 1. The third kappa shape index (κ3) is 3.65. The van der Waals surface area contributed by atoms with Crippen LogP contribution in [-0.4, -0.2) is 35.5 Å². The minimum atomic E-state index is -0.187. The fraction of sp³-hybridized carbons (Fsp3) is 0.400. The number of nitrogens with two attached hydrogens (primary N) is 1. The molecule has 2 unspecified atom stereocenters. The van der Waals surface area contributed by atoms with Gasteiger partial charge in [-0.2, -0.15) is 0 Å². The summed E-state index contributed by atoms with van der Waals surface area (Å²) in [6.07, 6.45) is 3.47. The number of fused-ring (bicyclic) bond motifs is 1. The maximum atomic E-state index is 11.4. The molecule has 2 aliphatic rings. The number of amides is 1. The second-order valence-electron chi connectivity index (χ2n) is 6.94. The van der Waals surface area contributed by atoms with E-state index in [1.165, 1.54) is 5.56 Å². The van der Waals surface area contributed by atoms with Crippen molar-refractivity contribution in [2.24, 2.45) is 11.7 Å². The number of benzene rings is 1. The van der Waals surface area contributed by atoms with Crippen molar-refractivity contribution in [3.63, 3.8) is 0 Å². The number of ether oxygens (including phenoxy) is 2. The van der Waals surface area contributed by atoms with Gasteiger partial charge >= 0.3 is 0 Å². The molecule has 2 N–H and O–H groups in total. The molecule has 2 aromatic rings. The van der Waals surface area contributed by atoms with Gasteiger partial charge in [0.1, 0.15) is 6.61 Å². The lowest BCUT2D eigenvalue weighted by atomic mass is 9.97. The molecule has 136 valence electrons. The van der Waals surface area contributed by atoms with Gasteiger partial charge in [-0.05, 0) is 42.6 Å². The molecule has 0 saturated carbocycles. The second-order valence-corrected chi connectivity index (χ2v) is 6.94. The highest BCUT2D eigenvalue weighted by molar-refractivity contribution is 5.76. The van der Waals surface area contributed by atoms with Crippen LogP contribution in [0.5, 0.6) is 11.6 Å². The van der Waals surface area contributed by atoms with E-state index in [1.54, 1.807) is 6.20 Å². The Kier molecular flexibility index (Phi) is 4.75. The summed E-state index contributed by atoms with van der Waals surface area (Å²) >= 11 is 0. The summed E-state index contributed by atoms with van der Waals surface area (Å²) in [5, 5.41) is 0. The lowest BCUT2D eigenvalue weighted by Gasteiger charge is -2.31. The normalized spacial score (nSPS) is 22.8. The number of primary amides is 1. The topological polar surface area (TPSA) is 77.7 Å². The average molecular weight is 353 g/mol. The zero-order valence-electron chi connectivity index (χ0n) is 14.6. The fourth-order valence-electron chi connectivity index (χ4n) is 3.60. The Bertz CT molecular complexity index is 778. The van der Waals surface area contributed by atoms with Crippen LogP contribution in [-0.2, 0) is 11.3 Å². The van der Waals surface area contributed by atoms with Gasteiger partial charge in [0, 0.05) is 19.3 Å². The molecule has 1 aromatic carbocycles.